The lowest BCUT2D eigenvalue weighted by molar-refractivity contribution is -0.122. The molecular formula is C12H14N2O2S. The summed E-state index contributed by atoms with van der Waals surface area (Å²) in [5.41, 5.74) is 0.833. The van der Waals surface area contributed by atoms with Gasteiger partial charge >= 0.3 is 0 Å². The van der Waals surface area contributed by atoms with E-state index in [1.165, 1.54) is 11.8 Å². The minimum absolute atomic E-state index is 0.0139. The fourth-order valence-corrected chi connectivity index (χ4v) is 2.66. The molecule has 4 nitrogen and oxygen atoms in total. The van der Waals surface area contributed by atoms with Crippen LogP contribution in [-0.4, -0.2) is 30.7 Å². The van der Waals surface area contributed by atoms with Gasteiger partial charge in [-0.05, 0) is 19.1 Å². The molecule has 0 spiro atoms. The first kappa shape index (κ1) is 12.0. The molecule has 0 radical (unpaired) electrons. The summed E-state index contributed by atoms with van der Waals surface area (Å²) in [7, 11) is 0. The second-order valence-corrected chi connectivity index (χ2v) is 4.71. The van der Waals surface area contributed by atoms with E-state index in [1.807, 2.05) is 31.2 Å². The van der Waals surface area contributed by atoms with Crippen molar-refractivity contribution < 1.29 is 9.59 Å². The maximum absolute atomic E-state index is 11.8. The van der Waals surface area contributed by atoms with E-state index in [2.05, 4.69) is 5.32 Å². The molecule has 0 fully saturated rings. The molecule has 1 N–H and O–H groups in total. The highest BCUT2D eigenvalue weighted by molar-refractivity contribution is 8.00. The van der Waals surface area contributed by atoms with Crippen molar-refractivity contribution in [3.63, 3.8) is 0 Å². The van der Waals surface area contributed by atoms with Crippen LogP contribution in [0.5, 0.6) is 0 Å². The van der Waals surface area contributed by atoms with Crippen molar-refractivity contribution in [3.05, 3.63) is 24.3 Å². The van der Waals surface area contributed by atoms with Crippen molar-refractivity contribution in [2.45, 2.75) is 11.8 Å². The highest BCUT2D eigenvalue weighted by atomic mass is 32.2. The lowest BCUT2D eigenvalue weighted by Crippen LogP contribution is -2.43. The average Bonchev–Trinajstić information content (AvgIpc) is 2.33. The van der Waals surface area contributed by atoms with Crippen LogP contribution in [-0.2, 0) is 9.59 Å². The van der Waals surface area contributed by atoms with E-state index in [4.69, 9.17) is 0 Å². The highest BCUT2D eigenvalue weighted by Gasteiger charge is 2.25. The van der Waals surface area contributed by atoms with Crippen molar-refractivity contribution >= 4 is 29.3 Å². The summed E-state index contributed by atoms with van der Waals surface area (Å²) in [5.74, 6) is 0.263. The lowest BCUT2D eigenvalue weighted by Gasteiger charge is -2.28. The molecule has 90 valence electrons. The summed E-state index contributed by atoms with van der Waals surface area (Å²) in [6.07, 6.45) is 0. The molecule has 0 bridgehead atoms. The first-order valence-electron chi connectivity index (χ1n) is 5.51. The molecule has 0 aliphatic carbocycles. The first-order valence-corrected chi connectivity index (χ1v) is 6.50. The zero-order valence-electron chi connectivity index (χ0n) is 9.60. The molecule has 1 aromatic carbocycles. The van der Waals surface area contributed by atoms with E-state index in [0.29, 0.717) is 12.3 Å². The molecule has 5 heteroatoms. The quantitative estimate of drug-likeness (QED) is 0.878. The maximum atomic E-state index is 11.8. The second-order valence-electron chi connectivity index (χ2n) is 3.69. The summed E-state index contributed by atoms with van der Waals surface area (Å²) in [6.45, 7) is 2.54. The van der Waals surface area contributed by atoms with Crippen LogP contribution in [0.2, 0.25) is 0 Å². The van der Waals surface area contributed by atoms with Gasteiger partial charge in [-0.1, -0.05) is 12.1 Å². The Morgan fingerprint density at radius 3 is 3.00 bits per heavy atom. The van der Waals surface area contributed by atoms with Crippen LogP contribution in [0.25, 0.3) is 0 Å². The van der Waals surface area contributed by atoms with Crippen LogP contribution in [0, 0.1) is 0 Å². The van der Waals surface area contributed by atoms with Crippen molar-refractivity contribution in [1.82, 2.24) is 5.32 Å². The van der Waals surface area contributed by atoms with Gasteiger partial charge in [-0.2, -0.15) is 0 Å². The Kier molecular flexibility index (Phi) is 3.68. The Balaban J connectivity index is 2.21. The minimum Gasteiger partial charge on any atom is -0.355 e. The summed E-state index contributed by atoms with van der Waals surface area (Å²) >= 11 is 1.52. The van der Waals surface area contributed by atoms with E-state index in [1.54, 1.807) is 4.90 Å². The van der Waals surface area contributed by atoms with Gasteiger partial charge in [0.1, 0.15) is 6.54 Å². The predicted octanol–water partition coefficient (Wildman–Crippen LogP) is 1.26. The number of fused-ring (bicyclic) bond motifs is 1. The molecule has 1 aromatic rings. The maximum Gasteiger partial charge on any atom is 0.240 e. The Morgan fingerprint density at radius 1 is 1.47 bits per heavy atom. The van der Waals surface area contributed by atoms with E-state index >= 15 is 0 Å². The van der Waals surface area contributed by atoms with Gasteiger partial charge < -0.3 is 10.2 Å². The lowest BCUT2D eigenvalue weighted by atomic mass is 10.2. The molecule has 1 aliphatic rings. The fraction of sp³-hybridized carbons (Fsp3) is 0.333. The number of nitrogens with zero attached hydrogens (tertiary/aromatic N) is 1. The SMILES string of the molecule is CCNC(=O)CN1C(=O)CSc2ccccc21. The number of rotatable bonds is 3. The molecule has 0 saturated carbocycles. The standard InChI is InChI=1S/C12H14N2O2S/c1-2-13-11(15)7-14-9-5-3-4-6-10(9)17-8-12(14)16/h3-6H,2,7-8H2,1H3,(H,13,15). The molecule has 0 saturated heterocycles. The molecule has 1 heterocycles. The number of hydrogen-bond donors (Lipinski definition) is 1. The van der Waals surface area contributed by atoms with Gasteiger partial charge in [0, 0.05) is 11.4 Å². The van der Waals surface area contributed by atoms with Crippen LogP contribution < -0.4 is 10.2 Å². The van der Waals surface area contributed by atoms with Crippen LogP contribution in [0.1, 0.15) is 6.92 Å². The van der Waals surface area contributed by atoms with E-state index in [-0.39, 0.29) is 18.4 Å². The van der Waals surface area contributed by atoms with Crippen LogP contribution in [0.3, 0.4) is 0 Å². The number of amides is 2. The molecule has 2 amide bonds. The van der Waals surface area contributed by atoms with E-state index in [9.17, 15) is 9.59 Å². The number of carbonyl (C=O) groups excluding carboxylic acids is 2. The topological polar surface area (TPSA) is 49.4 Å². The Labute approximate surface area is 104 Å². The van der Waals surface area contributed by atoms with Crippen LogP contribution in [0.4, 0.5) is 5.69 Å². The zero-order chi connectivity index (χ0) is 12.3. The number of nitrogens with one attached hydrogen (secondary N) is 1. The summed E-state index contributed by atoms with van der Waals surface area (Å²) in [6, 6.07) is 7.66. The minimum atomic E-state index is -0.123. The van der Waals surface area contributed by atoms with E-state index in [0.717, 1.165) is 10.6 Å². The van der Waals surface area contributed by atoms with Gasteiger partial charge in [0.05, 0.1) is 11.4 Å². The number of benzene rings is 1. The van der Waals surface area contributed by atoms with Crippen molar-refractivity contribution in [3.8, 4) is 0 Å². The smallest absolute Gasteiger partial charge is 0.240 e. The van der Waals surface area contributed by atoms with Gasteiger partial charge in [0.15, 0.2) is 0 Å². The van der Waals surface area contributed by atoms with Gasteiger partial charge in [-0.15, -0.1) is 11.8 Å². The second kappa shape index (κ2) is 5.23. The van der Waals surface area contributed by atoms with Gasteiger partial charge in [-0.3, -0.25) is 9.59 Å². The summed E-state index contributed by atoms with van der Waals surface area (Å²) in [5, 5.41) is 2.70. The molecular weight excluding hydrogens is 236 g/mol. The largest absolute Gasteiger partial charge is 0.355 e. The number of likely N-dealkylation sites (N-methyl/N-ethyl adjacent to an activating group) is 1. The Bertz CT molecular complexity index is 448. The third-order valence-corrected chi connectivity index (χ3v) is 3.53. The van der Waals surface area contributed by atoms with Gasteiger partial charge in [-0.25, -0.2) is 0 Å². The predicted molar refractivity (Wildman–Crippen MR) is 68.2 cm³/mol. The van der Waals surface area contributed by atoms with Crippen LogP contribution in [0.15, 0.2) is 29.2 Å². The van der Waals surface area contributed by atoms with Gasteiger partial charge in [0.2, 0.25) is 11.8 Å². The summed E-state index contributed by atoms with van der Waals surface area (Å²) < 4.78 is 0. The molecule has 17 heavy (non-hydrogen) atoms. The number of para-hydroxylation sites is 1. The molecule has 2 rings (SSSR count). The first-order chi connectivity index (χ1) is 8.22. The number of anilines is 1. The molecule has 1 aliphatic heterocycles. The van der Waals surface area contributed by atoms with Crippen molar-refractivity contribution in [2.24, 2.45) is 0 Å². The van der Waals surface area contributed by atoms with Crippen molar-refractivity contribution in [1.29, 1.82) is 0 Å². The third kappa shape index (κ3) is 2.61. The highest BCUT2D eigenvalue weighted by Crippen LogP contribution is 2.34. The van der Waals surface area contributed by atoms with Gasteiger partial charge in [0.25, 0.3) is 0 Å². The van der Waals surface area contributed by atoms with E-state index < -0.39 is 0 Å². The Hall–Kier alpha value is -1.49. The summed E-state index contributed by atoms with van der Waals surface area (Å²) in [4.78, 5) is 26.0. The normalized spacial score (nSPS) is 14.4. The molecule has 0 unspecified atom stereocenters. The number of thioether (sulfide) groups is 1. The number of hydrogen-bond acceptors (Lipinski definition) is 3. The monoisotopic (exact) mass is 250 g/mol. The third-order valence-electron chi connectivity index (χ3n) is 2.48. The van der Waals surface area contributed by atoms with Crippen molar-refractivity contribution in [2.75, 3.05) is 23.7 Å². The van der Waals surface area contributed by atoms with Crippen LogP contribution >= 0.6 is 11.8 Å². The fourth-order valence-electron chi connectivity index (χ4n) is 1.72. The average molecular weight is 250 g/mol. The molecule has 0 atom stereocenters. The number of carbonyl (C=O) groups is 2. The Morgan fingerprint density at radius 2 is 2.24 bits per heavy atom. The molecule has 0 aromatic heterocycles. The zero-order valence-corrected chi connectivity index (χ0v) is 10.4.